The van der Waals surface area contributed by atoms with Gasteiger partial charge in [0, 0.05) is 13.1 Å². The molecule has 1 radical (unpaired) electrons. The van der Waals surface area contributed by atoms with E-state index in [1.54, 1.807) is 18.1 Å². The minimum Gasteiger partial charge on any atom is -0.497 e. The summed E-state index contributed by atoms with van der Waals surface area (Å²) in [5.74, 6) is -0.0224. The van der Waals surface area contributed by atoms with Gasteiger partial charge in [-0.3, -0.25) is 9.90 Å². The molecule has 0 spiro atoms. The SMILES string of the molecule is COc1cccc(-c2sc(C(=O)N3CCOCC3)c([O])c2Cl)c1. The molecule has 121 valence electrons. The zero-order valence-electron chi connectivity index (χ0n) is 12.5. The summed E-state index contributed by atoms with van der Waals surface area (Å²) in [5.41, 5.74) is 0.762. The lowest BCUT2D eigenvalue weighted by Crippen LogP contribution is -2.40. The minimum atomic E-state index is -0.411. The van der Waals surface area contributed by atoms with Crippen molar-refractivity contribution in [3.05, 3.63) is 34.2 Å². The number of thiophene rings is 1. The molecule has 0 saturated carbocycles. The van der Waals surface area contributed by atoms with Crippen LogP contribution >= 0.6 is 22.9 Å². The number of amides is 1. The van der Waals surface area contributed by atoms with Gasteiger partial charge in [-0.25, -0.2) is 0 Å². The van der Waals surface area contributed by atoms with Crippen molar-refractivity contribution in [1.82, 2.24) is 4.90 Å². The fourth-order valence-corrected chi connectivity index (χ4v) is 3.81. The highest BCUT2D eigenvalue weighted by molar-refractivity contribution is 7.18. The lowest BCUT2D eigenvalue weighted by Gasteiger charge is -2.26. The van der Waals surface area contributed by atoms with Crippen molar-refractivity contribution in [3.63, 3.8) is 0 Å². The Bertz CT molecular complexity index is 725. The van der Waals surface area contributed by atoms with Crippen molar-refractivity contribution < 1.29 is 19.4 Å². The summed E-state index contributed by atoms with van der Waals surface area (Å²) >= 11 is 7.32. The highest BCUT2D eigenvalue weighted by atomic mass is 35.5. The van der Waals surface area contributed by atoms with Crippen LogP contribution in [0.25, 0.3) is 10.4 Å². The molecule has 1 aliphatic heterocycles. The summed E-state index contributed by atoms with van der Waals surface area (Å²) in [6, 6.07) is 7.25. The molecule has 1 amide bonds. The first-order valence-corrected chi connectivity index (χ1v) is 8.32. The molecule has 1 aromatic heterocycles. The third-order valence-corrected chi connectivity index (χ3v) is 5.31. The van der Waals surface area contributed by atoms with Crippen LogP contribution in [0.1, 0.15) is 9.67 Å². The minimum absolute atomic E-state index is 0.0832. The molecule has 0 bridgehead atoms. The van der Waals surface area contributed by atoms with E-state index in [1.807, 2.05) is 18.2 Å². The first kappa shape index (κ1) is 16.1. The summed E-state index contributed by atoms with van der Waals surface area (Å²) in [5, 5.41) is 12.5. The van der Waals surface area contributed by atoms with Gasteiger partial charge in [0.15, 0.2) is 0 Å². The zero-order valence-corrected chi connectivity index (χ0v) is 14.1. The van der Waals surface area contributed by atoms with Gasteiger partial charge in [-0.1, -0.05) is 23.7 Å². The van der Waals surface area contributed by atoms with Crippen LogP contribution in [-0.4, -0.2) is 44.2 Å². The molecule has 0 N–H and O–H groups in total. The average molecular weight is 353 g/mol. The van der Waals surface area contributed by atoms with E-state index in [2.05, 4.69) is 0 Å². The van der Waals surface area contributed by atoms with E-state index >= 15 is 0 Å². The molecule has 1 fully saturated rings. The summed E-state index contributed by atoms with van der Waals surface area (Å²) in [6.45, 7) is 1.95. The number of hydrogen-bond donors (Lipinski definition) is 0. The Morgan fingerprint density at radius 3 is 2.78 bits per heavy atom. The van der Waals surface area contributed by atoms with Gasteiger partial charge in [-0.2, -0.15) is 0 Å². The molecular weight excluding hydrogens is 338 g/mol. The quantitative estimate of drug-likeness (QED) is 0.846. The lowest BCUT2D eigenvalue weighted by molar-refractivity contribution is 0.0303. The second-order valence-corrected chi connectivity index (χ2v) is 6.44. The number of hydrogen-bond acceptors (Lipinski definition) is 4. The topological polar surface area (TPSA) is 58.7 Å². The third kappa shape index (κ3) is 3.15. The van der Waals surface area contributed by atoms with Crippen molar-refractivity contribution in [2.45, 2.75) is 0 Å². The summed E-state index contributed by atoms with van der Waals surface area (Å²) in [7, 11) is 1.57. The van der Waals surface area contributed by atoms with Gasteiger partial charge in [0.2, 0.25) is 5.75 Å². The molecule has 2 heterocycles. The molecule has 23 heavy (non-hydrogen) atoms. The molecule has 1 saturated heterocycles. The number of nitrogens with zero attached hydrogens (tertiary/aromatic N) is 1. The fraction of sp³-hybridized carbons (Fsp3) is 0.312. The molecule has 7 heteroatoms. The van der Waals surface area contributed by atoms with E-state index in [-0.39, 0.29) is 15.8 Å². The van der Waals surface area contributed by atoms with Crippen LogP contribution in [0.2, 0.25) is 5.02 Å². The Morgan fingerprint density at radius 1 is 1.35 bits per heavy atom. The van der Waals surface area contributed by atoms with Crippen LogP contribution in [0.3, 0.4) is 0 Å². The third-order valence-electron chi connectivity index (χ3n) is 3.63. The largest absolute Gasteiger partial charge is 0.497 e. The van der Waals surface area contributed by atoms with Gasteiger partial charge in [0.25, 0.3) is 5.91 Å². The van der Waals surface area contributed by atoms with Crippen molar-refractivity contribution in [2.24, 2.45) is 0 Å². The Morgan fingerprint density at radius 2 is 2.09 bits per heavy atom. The van der Waals surface area contributed by atoms with Gasteiger partial charge in [0.1, 0.15) is 15.6 Å². The van der Waals surface area contributed by atoms with E-state index in [4.69, 9.17) is 21.1 Å². The number of carbonyl (C=O) groups excluding carboxylic acids is 1. The van der Waals surface area contributed by atoms with Crippen LogP contribution in [0, 0.1) is 0 Å². The second-order valence-electron chi connectivity index (χ2n) is 5.04. The van der Waals surface area contributed by atoms with E-state index in [0.717, 1.165) is 16.9 Å². The number of morpholine rings is 1. The zero-order chi connectivity index (χ0) is 16.4. The second kappa shape index (κ2) is 6.78. The maximum absolute atomic E-state index is 12.5. The van der Waals surface area contributed by atoms with Crippen molar-refractivity contribution in [3.8, 4) is 21.9 Å². The summed E-state index contributed by atoms with van der Waals surface area (Å²) < 4.78 is 10.4. The maximum Gasteiger partial charge on any atom is 0.268 e. The number of benzene rings is 1. The number of carbonyl (C=O) groups is 1. The Balaban J connectivity index is 1.96. The number of methoxy groups -OCH3 is 1. The first-order chi connectivity index (χ1) is 11.1. The average Bonchev–Trinajstić information content (AvgIpc) is 2.90. The Kier molecular flexibility index (Phi) is 4.75. The molecule has 5 nitrogen and oxygen atoms in total. The highest BCUT2D eigenvalue weighted by Gasteiger charge is 2.28. The van der Waals surface area contributed by atoms with Crippen molar-refractivity contribution >= 4 is 28.8 Å². The summed E-state index contributed by atoms with van der Waals surface area (Å²) in [4.78, 5) is 14.9. The predicted octanol–water partition coefficient (Wildman–Crippen LogP) is 3.69. The molecule has 1 aliphatic rings. The van der Waals surface area contributed by atoms with Crippen LogP contribution in [0.4, 0.5) is 0 Å². The molecular formula is C16H15ClNO4S. The van der Waals surface area contributed by atoms with Crippen molar-refractivity contribution in [2.75, 3.05) is 33.4 Å². The number of halogens is 1. The van der Waals surface area contributed by atoms with Gasteiger partial charge < -0.3 is 14.4 Å². The van der Waals surface area contributed by atoms with Crippen molar-refractivity contribution in [1.29, 1.82) is 0 Å². The van der Waals surface area contributed by atoms with Gasteiger partial charge >= 0.3 is 0 Å². The Labute approximate surface area is 143 Å². The smallest absolute Gasteiger partial charge is 0.268 e. The highest BCUT2D eigenvalue weighted by Crippen LogP contribution is 2.46. The van der Waals surface area contributed by atoms with E-state index in [0.29, 0.717) is 36.9 Å². The Hall–Kier alpha value is -1.76. The molecule has 0 unspecified atom stereocenters. The molecule has 0 atom stereocenters. The van der Waals surface area contributed by atoms with E-state index in [1.165, 1.54) is 0 Å². The fourth-order valence-electron chi connectivity index (χ4n) is 2.40. The molecule has 1 aromatic carbocycles. The standard InChI is InChI=1S/C16H15ClNO4S/c1-21-11-4-2-3-10(9-11)14-12(17)13(19)15(23-14)16(20)18-5-7-22-8-6-18/h2-4,9H,5-8H2,1H3. The molecule has 2 aromatic rings. The van der Waals surface area contributed by atoms with E-state index in [9.17, 15) is 9.90 Å². The lowest BCUT2D eigenvalue weighted by atomic mass is 10.2. The monoisotopic (exact) mass is 352 g/mol. The number of ether oxygens (including phenoxy) is 2. The van der Waals surface area contributed by atoms with Crippen LogP contribution < -0.4 is 4.74 Å². The van der Waals surface area contributed by atoms with Gasteiger partial charge in [-0.15, -0.1) is 11.3 Å². The van der Waals surface area contributed by atoms with Crippen LogP contribution in [0.15, 0.2) is 24.3 Å². The first-order valence-electron chi connectivity index (χ1n) is 7.12. The van der Waals surface area contributed by atoms with Gasteiger partial charge in [-0.05, 0) is 17.7 Å². The van der Waals surface area contributed by atoms with Gasteiger partial charge in [0.05, 0.1) is 25.2 Å². The molecule has 3 rings (SSSR count). The number of rotatable bonds is 3. The van der Waals surface area contributed by atoms with Crippen LogP contribution in [-0.2, 0) is 9.84 Å². The maximum atomic E-state index is 12.5. The van der Waals surface area contributed by atoms with E-state index < -0.39 is 5.75 Å². The predicted molar refractivity (Wildman–Crippen MR) is 88.2 cm³/mol. The van der Waals surface area contributed by atoms with Crippen LogP contribution in [0.5, 0.6) is 11.5 Å². The molecule has 0 aliphatic carbocycles. The summed E-state index contributed by atoms with van der Waals surface area (Å²) in [6.07, 6.45) is 0. The normalized spacial score (nSPS) is 14.8.